The van der Waals surface area contributed by atoms with Crippen molar-refractivity contribution in [3.63, 3.8) is 0 Å². The molecule has 0 aromatic rings. The van der Waals surface area contributed by atoms with Crippen LogP contribution >= 0.6 is 0 Å². The van der Waals surface area contributed by atoms with Crippen LogP contribution in [0.4, 0.5) is 0 Å². The minimum atomic E-state index is -0.618. The summed E-state index contributed by atoms with van der Waals surface area (Å²) in [5.74, 6) is 1.06. The average molecular weight is 267 g/mol. The van der Waals surface area contributed by atoms with E-state index >= 15 is 0 Å². The Hall–Kier alpha value is -0.610. The van der Waals surface area contributed by atoms with E-state index in [4.69, 9.17) is 4.74 Å². The fourth-order valence-electron chi connectivity index (χ4n) is 3.16. The molecule has 4 heteroatoms. The summed E-state index contributed by atoms with van der Waals surface area (Å²) in [6, 6.07) is 0. The van der Waals surface area contributed by atoms with Gasteiger partial charge in [0, 0.05) is 32.8 Å². The number of hydrogen-bond donors (Lipinski definition) is 1. The molecule has 2 saturated carbocycles. The molecule has 3 rings (SSSR count). The van der Waals surface area contributed by atoms with Gasteiger partial charge in [0.25, 0.3) is 0 Å². The number of carbonyl (C=O) groups is 1. The van der Waals surface area contributed by atoms with Crippen LogP contribution < -0.4 is 0 Å². The van der Waals surface area contributed by atoms with E-state index in [2.05, 4.69) is 4.90 Å². The van der Waals surface area contributed by atoms with Gasteiger partial charge in [0.15, 0.2) is 0 Å². The van der Waals surface area contributed by atoms with E-state index in [0.29, 0.717) is 26.1 Å². The van der Waals surface area contributed by atoms with Crippen LogP contribution in [-0.4, -0.2) is 48.8 Å². The number of aliphatic carboxylic acids is 1. The maximum absolute atomic E-state index is 11.7. The van der Waals surface area contributed by atoms with Crippen LogP contribution in [0.5, 0.6) is 0 Å². The van der Waals surface area contributed by atoms with Gasteiger partial charge in [-0.05, 0) is 50.4 Å². The van der Waals surface area contributed by atoms with E-state index in [1.807, 2.05) is 0 Å². The molecule has 0 bridgehead atoms. The summed E-state index contributed by atoms with van der Waals surface area (Å²) in [5, 5.41) is 9.65. The molecule has 1 heterocycles. The molecule has 1 aliphatic heterocycles. The van der Waals surface area contributed by atoms with Gasteiger partial charge in [-0.15, -0.1) is 0 Å². The van der Waals surface area contributed by atoms with Gasteiger partial charge in [-0.3, -0.25) is 4.79 Å². The highest BCUT2D eigenvalue weighted by Gasteiger charge is 2.43. The Balaban J connectivity index is 1.63. The van der Waals surface area contributed by atoms with Crippen LogP contribution in [0.15, 0.2) is 0 Å². The lowest BCUT2D eigenvalue weighted by molar-refractivity contribution is -0.156. The van der Waals surface area contributed by atoms with Gasteiger partial charge >= 0.3 is 5.97 Å². The van der Waals surface area contributed by atoms with Gasteiger partial charge in [-0.2, -0.15) is 0 Å². The predicted molar refractivity (Wildman–Crippen MR) is 72.0 cm³/mol. The van der Waals surface area contributed by atoms with Crippen molar-refractivity contribution in [2.75, 3.05) is 32.8 Å². The van der Waals surface area contributed by atoms with E-state index in [0.717, 1.165) is 31.5 Å². The summed E-state index contributed by atoms with van der Waals surface area (Å²) in [7, 11) is 0. The second-order valence-electron chi connectivity index (χ2n) is 6.78. The zero-order chi connectivity index (χ0) is 13.3. The van der Waals surface area contributed by atoms with Gasteiger partial charge in [0.2, 0.25) is 0 Å². The third-order valence-corrected chi connectivity index (χ3v) is 4.86. The molecule has 0 radical (unpaired) electrons. The zero-order valence-electron chi connectivity index (χ0n) is 11.6. The first kappa shape index (κ1) is 13.4. The molecule has 0 atom stereocenters. The summed E-state index contributed by atoms with van der Waals surface area (Å²) in [5.41, 5.74) is -0.554. The summed E-state index contributed by atoms with van der Waals surface area (Å²) in [4.78, 5) is 14.2. The predicted octanol–water partition coefficient (Wildman–Crippen LogP) is 1.99. The molecule has 0 spiro atoms. The van der Waals surface area contributed by atoms with Crippen molar-refractivity contribution < 1.29 is 14.6 Å². The van der Waals surface area contributed by atoms with E-state index in [1.165, 1.54) is 25.7 Å². The van der Waals surface area contributed by atoms with E-state index in [9.17, 15) is 9.90 Å². The molecule has 108 valence electrons. The maximum atomic E-state index is 11.7. The third kappa shape index (κ3) is 3.48. The lowest BCUT2D eigenvalue weighted by Crippen LogP contribution is -2.47. The normalized spacial score (nSPS) is 26.6. The molecular weight excluding hydrogens is 242 g/mol. The summed E-state index contributed by atoms with van der Waals surface area (Å²) < 4.78 is 5.36. The molecule has 1 N–H and O–H groups in total. The summed E-state index contributed by atoms with van der Waals surface area (Å²) in [6.07, 6.45) is 6.70. The number of ether oxygens (including phenoxy) is 1. The van der Waals surface area contributed by atoms with Gasteiger partial charge in [0.05, 0.1) is 5.41 Å². The topological polar surface area (TPSA) is 49.8 Å². The van der Waals surface area contributed by atoms with E-state index in [1.54, 1.807) is 0 Å². The molecular formula is C15H25NO3. The largest absolute Gasteiger partial charge is 0.481 e. The molecule has 2 aliphatic carbocycles. The smallest absolute Gasteiger partial charge is 0.311 e. The first-order valence-electron chi connectivity index (χ1n) is 7.71. The van der Waals surface area contributed by atoms with E-state index < -0.39 is 11.4 Å². The molecule has 0 aromatic heterocycles. The van der Waals surface area contributed by atoms with Gasteiger partial charge in [-0.25, -0.2) is 0 Å². The minimum absolute atomic E-state index is 0.554. The van der Waals surface area contributed by atoms with Crippen molar-refractivity contribution >= 4 is 5.97 Å². The molecule has 0 unspecified atom stereocenters. The van der Waals surface area contributed by atoms with Crippen LogP contribution in [0.3, 0.4) is 0 Å². The van der Waals surface area contributed by atoms with Crippen LogP contribution in [-0.2, 0) is 9.53 Å². The van der Waals surface area contributed by atoms with Gasteiger partial charge in [0.1, 0.15) is 0 Å². The van der Waals surface area contributed by atoms with E-state index in [-0.39, 0.29) is 0 Å². The molecule has 19 heavy (non-hydrogen) atoms. The minimum Gasteiger partial charge on any atom is -0.481 e. The number of carboxylic acids is 1. The highest BCUT2D eigenvalue weighted by Crippen LogP contribution is 2.37. The second-order valence-corrected chi connectivity index (χ2v) is 6.78. The highest BCUT2D eigenvalue weighted by atomic mass is 16.5. The molecule has 0 aromatic carbocycles. The Morgan fingerprint density at radius 3 is 2.05 bits per heavy atom. The van der Waals surface area contributed by atoms with Crippen molar-refractivity contribution in [1.29, 1.82) is 0 Å². The number of rotatable bonds is 7. The van der Waals surface area contributed by atoms with Crippen LogP contribution in [0, 0.1) is 17.3 Å². The van der Waals surface area contributed by atoms with Crippen molar-refractivity contribution in [1.82, 2.24) is 4.90 Å². The monoisotopic (exact) mass is 267 g/mol. The van der Waals surface area contributed by atoms with Crippen LogP contribution in [0.25, 0.3) is 0 Å². The SMILES string of the molecule is O=C(O)C1(CN(CC2CC2)CC2CC2)CCOCC1. The Kier molecular flexibility index (Phi) is 3.81. The van der Waals surface area contributed by atoms with Crippen molar-refractivity contribution in [3.05, 3.63) is 0 Å². The standard InChI is InChI=1S/C15H25NO3/c17-14(18)15(5-7-19-8-6-15)11-16(9-12-1-2-12)10-13-3-4-13/h12-13H,1-11H2,(H,17,18). The first-order chi connectivity index (χ1) is 9.18. The Labute approximate surface area is 115 Å². The molecule has 3 aliphatic rings. The van der Waals surface area contributed by atoms with Crippen LogP contribution in [0.2, 0.25) is 0 Å². The molecule has 3 fully saturated rings. The second kappa shape index (κ2) is 5.41. The van der Waals surface area contributed by atoms with Crippen LogP contribution in [0.1, 0.15) is 38.5 Å². The molecule has 1 saturated heterocycles. The van der Waals surface area contributed by atoms with Crippen molar-refractivity contribution in [2.24, 2.45) is 17.3 Å². The van der Waals surface area contributed by atoms with Gasteiger partial charge in [-0.1, -0.05) is 0 Å². The summed E-state index contributed by atoms with van der Waals surface area (Å²) >= 11 is 0. The lowest BCUT2D eigenvalue weighted by atomic mass is 9.79. The Morgan fingerprint density at radius 2 is 1.63 bits per heavy atom. The van der Waals surface area contributed by atoms with Crippen molar-refractivity contribution in [2.45, 2.75) is 38.5 Å². The zero-order valence-corrected chi connectivity index (χ0v) is 11.6. The Morgan fingerprint density at radius 1 is 1.11 bits per heavy atom. The fourth-order valence-corrected chi connectivity index (χ4v) is 3.16. The highest BCUT2D eigenvalue weighted by molar-refractivity contribution is 5.75. The third-order valence-electron chi connectivity index (χ3n) is 4.86. The number of carboxylic acid groups (broad SMARTS) is 1. The fraction of sp³-hybridized carbons (Fsp3) is 0.933. The average Bonchev–Trinajstić information content (AvgIpc) is 3.26. The first-order valence-corrected chi connectivity index (χ1v) is 7.71. The molecule has 0 amide bonds. The molecule has 4 nitrogen and oxygen atoms in total. The Bertz CT molecular complexity index is 316. The lowest BCUT2D eigenvalue weighted by Gasteiger charge is -2.37. The maximum Gasteiger partial charge on any atom is 0.311 e. The quantitative estimate of drug-likeness (QED) is 0.766. The summed E-state index contributed by atoms with van der Waals surface area (Å²) in [6.45, 7) is 4.18. The van der Waals surface area contributed by atoms with Crippen molar-refractivity contribution in [3.8, 4) is 0 Å². The number of hydrogen-bond acceptors (Lipinski definition) is 3. The number of nitrogens with zero attached hydrogens (tertiary/aromatic N) is 1. The van der Waals surface area contributed by atoms with Gasteiger partial charge < -0.3 is 14.7 Å².